The smallest absolute Gasteiger partial charge is 0.331 e. The maximum atomic E-state index is 12.3. The molecule has 9 heteroatoms. The maximum Gasteiger partial charge on any atom is 0.331 e. The molecule has 4 aromatic rings. The lowest BCUT2D eigenvalue weighted by Crippen LogP contribution is -2.29. The van der Waals surface area contributed by atoms with Crippen molar-refractivity contribution in [3.05, 3.63) is 64.0 Å². The summed E-state index contributed by atoms with van der Waals surface area (Å²) in [6.07, 6.45) is 1.81. The topological polar surface area (TPSA) is 117 Å². The average Bonchev–Trinajstić information content (AvgIpc) is 3.27. The van der Waals surface area contributed by atoms with Gasteiger partial charge in [0.05, 0.1) is 21.3 Å². The number of hydrogen-bond donors (Lipinski definition) is 3. The van der Waals surface area contributed by atoms with Gasteiger partial charge >= 0.3 is 11.7 Å². The van der Waals surface area contributed by atoms with Crippen LogP contribution in [0.4, 0.5) is 5.69 Å². The third-order valence-corrected chi connectivity index (χ3v) is 5.12. The first-order valence-corrected chi connectivity index (χ1v) is 9.57. The van der Waals surface area contributed by atoms with Crippen LogP contribution in [-0.2, 0) is 14.3 Å². The summed E-state index contributed by atoms with van der Waals surface area (Å²) in [5, 5.41) is 3.33. The minimum absolute atomic E-state index is 0.328. The van der Waals surface area contributed by atoms with Crippen LogP contribution in [0.3, 0.4) is 0 Å². The van der Waals surface area contributed by atoms with Crippen LogP contribution < -0.4 is 11.0 Å². The predicted octanol–water partition coefficient (Wildman–Crippen LogP) is 3.05. The van der Waals surface area contributed by atoms with Gasteiger partial charge in [0.15, 0.2) is 6.10 Å². The highest BCUT2D eigenvalue weighted by atomic mass is 32.1. The third-order valence-electron chi connectivity index (χ3n) is 4.12. The van der Waals surface area contributed by atoms with Crippen LogP contribution in [0.15, 0.2) is 53.3 Å². The number of thiazole rings is 1. The molecule has 0 radical (unpaired) electrons. The van der Waals surface area contributed by atoms with Crippen molar-refractivity contribution in [1.82, 2.24) is 15.0 Å². The maximum absolute atomic E-state index is 12.3. The van der Waals surface area contributed by atoms with E-state index in [0.717, 1.165) is 10.2 Å². The van der Waals surface area contributed by atoms with Crippen molar-refractivity contribution in [2.75, 3.05) is 5.32 Å². The fraction of sp³-hybridized carbons (Fsp3) is 0.100. The van der Waals surface area contributed by atoms with Gasteiger partial charge in [0.25, 0.3) is 5.91 Å². The van der Waals surface area contributed by atoms with Gasteiger partial charge < -0.3 is 20.0 Å². The largest absolute Gasteiger partial charge is 0.449 e. The molecule has 29 heavy (non-hydrogen) atoms. The van der Waals surface area contributed by atoms with Gasteiger partial charge in [-0.25, -0.2) is 14.6 Å². The number of amides is 1. The van der Waals surface area contributed by atoms with E-state index in [1.54, 1.807) is 24.3 Å². The predicted molar refractivity (Wildman–Crippen MR) is 112 cm³/mol. The summed E-state index contributed by atoms with van der Waals surface area (Å²) in [7, 11) is 0. The molecule has 1 atom stereocenters. The number of carbonyl (C=O) groups is 2. The molecule has 0 fully saturated rings. The summed E-state index contributed by atoms with van der Waals surface area (Å²) in [5.74, 6) is -1.12. The summed E-state index contributed by atoms with van der Waals surface area (Å²) < 4.78 is 6.17. The number of H-pyrrole nitrogens is 2. The van der Waals surface area contributed by atoms with E-state index in [1.807, 2.05) is 24.3 Å². The van der Waals surface area contributed by atoms with Gasteiger partial charge in [0.1, 0.15) is 5.01 Å². The summed E-state index contributed by atoms with van der Waals surface area (Å²) >= 11 is 1.46. The molecule has 3 N–H and O–H groups in total. The lowest BCUT2D eigenvalue weighted by Gasteiger charge is -2.12. The van der Waals surface area contributed by atoms with Crippen molar-refractivity contribution in [3.63, 3.8) is 0 Å². The Bertz CT molecular complexity index is 1270. The Morgan fingerprint density at radius 3 is 2.79 bits per heavy atom. The van der Waals surface area contributed by atoms with Crippen molar-refractivity contribution in [2.24, 2.45) is 0 Å². The second-order valence-corrected chi connectivity index (χ2v) is 7.32. The van der Waals surface area contributed by atoms with Crippen molar-refractivity contribution in [3.8, 4) is 0 Å². The van der Waals surface area contributed by atoms with E-state index in [-0.39, 0.29) is 5.69 Å². The van der Waals surface area contributed by atoms with E-state index >= 15 is 0 Å². The molecule has 0 aliphatic heterocycles. The van der Waals surface area contributed by atoms with Gasteiger partial charge in [-0.05, 0) is 43.3 Å². The molecular formula is C20H16N4O4S. The number of aromatic nitrogens is 3. The van der Waals surface area contributed by atoms with E-state index in [4.69, 9.17) is 4.74 Å². The van der Waals surface area contributed by atoms with Gasteiger partial charge in [-0.2, -0.15) is 0 Å². The first-order chi connectivity index (χ1) is 14.0. The normalized spacial score (nSPS) is 12.4. The number of benzene rings is 2. The van der Waals surface area contributed by atoms with Gasteiger partial charge in [0.2, 0.25) is 0 Å². The highest BCUT2D eigenvalue weighted by Gasteiger charge is 2.17. The number of anilines is 1. The van der Waals surface area contributed by atoms with Gasteiger partial charge in [-0.3, -0.25) is 4.79 Å². The molecular weight excluding hydrogens is 392 g/mol. The molecule has 146 valence electrons. The highest BCUT2D eigenvalue weighted by Crippen LogP contribution is 2.22. The van der Waals surface area contributed by atoms with E-state index < -0.39 is 18.0 Å². The van der Waals surface area contributed by atoms with Gasteiger partial charge in [-0.15, -0.1) is 11.3 Å². The zero-order valence-corrected chi connectivity index (χ0v) is 16.1. The van der Waals surface area contributed by atoms with Crippen molar-refractivity contribution in [1.29, 1.82) is 0 Å². The lowest BCUT2D eigenvalue weighted by molar-refractivity contribution is -0.148. The minimum Gasteiger partial charge on any atom is -0.449 e. The van der Waals surface area contributed by atoms with E-state index in [1.165, 1.54) is 24.3 Å². The Labute approximate surface area is 168 Å². The number of nitrogens with zero attached hydrogens (tertiary/aromatic N) is 1. The lowest BCUT2D eigenvalue weighted by atomic mass is 10.2. The Morgan fingerprint density at radius 2 is 1.97 bits per heavy atom. The summed E-state index contributed by atoms with van der Waals surface area (Å²) in [6, 6.07) is 12.6. The number of rotatable bonds is 5. The molecule has 0 bridgehead atoms. The summed E-state index contributed by atoms with van der Waals surface area (Å²) in [4.78, 5) is 45.2. The molecule has 0 saturated heterocycles. The third kappa shape index (κ3) is 4.25. The second-order valence-electron chi connectivity index (χ2n) is 6.26. The van der Waals surface area contributed by atoms with Crippen LogP contribution in [0.2, 0.25) is 0 Å². The van der Waals surface area contributed by atoms with Crippen LogP contribution in [0.5, 0.6) is 0 Å². The number of imidazole rings is 1. The number of hydrogen-bond acceptors (Lipinski definition) is 6. The first kappa shape index (κ1) is 18.6. The van der Waals surface area contributed by atoms with Crippen LogP contribution in [0, 0.1) is 0 Å². The number of nitrogens with one attached hydrogen (secondary N) is 3. The summed E-state index contributed by atoms with van der Waals surface area (Å²) in [6.45, 7) is 1.48. The zero-order valence-electron chi connectivity index (χ0n) is 15.3. The van der Waals surface area contributed by atoms with Crippen molar-refractivity contribution >= 4 is 56.2 Å². The van der Waals surface area contributed by atoms with Crippen molar-refractivity contribution in [2.45, 2.75) is 13.0 Å². The Kier molecular flexibility index (Phi) is 4.96. The molecule has 0 aliphatic carbocycles. The van der Waals surface area contributed by atoms with Crippen LogP contribution in [0.25, 0.3) is 27.3 Å². The number of ether oxygens (including phenoxy) is 1. The second kappa shape index (κ2) is 7.72. The number of carbonyl (C=O) groups excluding carboxylic acids is 2. The van der Waals surface area contributed by atoms with Gasteiger partial charge in [0, 0.05) is 11.8 Å². The van der Waals surface area contributed by atoms with E-state index in [2.05, 4.69) is 20.3 Å². The quantitative estimate of drug-likeness (QED) is 0.347. The monoisotopic (exact) mass is 408 g/mol. The molecule has 2 aromatic heterocycles. The fourth-order valence-corrected chi connectivity index (χ4v) is 3.59. The molecule has 0 aliphatic rings. The Morgan fingerprint density at radius 1 is 1.17 bits per heavy atom. The SMILES string of the molecule is C[C@@H](OC(=O)/C=C/c1nc2ccccc2s1)C(=O)Nc1ccc2[nH]c(=O)[nH]c2c1. The fourth-order valence-electron chi connectivity index (χ4n) is 2.72. The minimum atomic E-state index is -0.997. The number of esters is 1. The molecule has 0 saturated carbocycles. The Hall–Kier alpha value is -3.72. The standard InChI is InChI=1S/C20H16N4O4S/c1-11(19(26)21-12-6-7-13-15(10-12)24-20(27)23-13)28-18(25)9-8-17-22-14-4-2-3-5-16(14)29-17/h2-11H,1H3,(H,21,26)(H2,23,24,27)/b9-8+/t11-/m1/s1. The number of fused-ring (bicyclic) bond motifs is 2. The molecule has 0 spiro atoms. The van der Waals surface area contributed by atoms with E-state index in [0.29, 0.717) is 21.7 Å². The summed E-state index contributed by atoms with van der Waals surface area (Å²) in [5.41, 5.74) is 2.21. The molecule has 2 heterocycles. The zero-order chi connectivity index (χ0) is 20.4. The van der Waals surface area contributed by atoms with E-state index in [9.17, 15) is 14.4 Å². The molecule has 2 aromatic carbocycles. The van der Waals surface area contributed by atoms with Crippen molar-refractivity contribution < 1.29 is 14.3 Å². The van der Waals surface area contributed by atoms with Crippen LogP contribution >= 0.6 is 11.3 Å². The molecule has 0 unspecified atom stereocenters. The molecule has 1 amide bonds. The number of para-hydroxylation sites is 1. The number of aromatic amines is 2. The van der Waals surface area contributed by atoms with Crippen LogP contribution in [-0.4, -0.2) is 32.9 Å². The molecule has 8 nitrogen and oxygen atoms in total. The first-order valence-electron chi connectivity index (χ1n) is 8.75. The average molecular weight is 408 g/mol. The van der Waals surface area contributed by atoms with Crippen LogP contribution in [0.1, 0.15) is 11.9 Å². The van der Waals surface area contributed by atoms with Gasteiger partial charge in [-0.1, -0.05) is 12.1 Å². The molecule has 4 rings (SSSR count). The highest BCUT2D eigenvalue weighted by molar-refractivity contribution is 7.19. The Balaban J connectivity index is 1.36.